The number of ether oxygens (including phenoxy) is 2. The van der Waals surface area contributed by atoms with Crippen molar-refractivity contribution < 1.29 is 14.3 Å². The fourth-order valence-electron chi connectivity index (χ4n) is 4.05. The lowest BCUT2D eigenvalue weighted by Crippen LogP contribution is -2.45. The number of aryl methyl sites for hydroxylation is 1. The first-order valence-corrected chi connectivity index (χ1v) is 10.5. The molecule has 31 heavy (non-hydrogen) atoms. The zero-order valence-electron chi connectivity index (χ0n) is 17.2. The number of carbonyl (C=O) groups is 1. The van der Waals surface area contributed by atoms with Crippen LogP contribution in [0, 0.1) is 6.92 Å². The Bertz CT molecular complexity index is 1170. The highest BCUT2D eigenvalue weighted by Crippen LogP contribution is 2.44. The van der Waals surface area contributed by atoms with Gasteiger partial charge in [0, 0.05) is 22.6 Å². The first-order valence-electron chi connectivity index (χ1n) is 10.1. The van der Waals surface area contributed by atoms with Crippen molar-refractivity contribution >= 4 is 23.1 Å². The molecule has 2 atom stereocenters. The van der Waals surface area contributed by atoms with Gasteiger partial charge in [-0.1, -0.05) is 41.4 Å². The van der Waals surface area contributed by atoms with Gasteiger partial charge in [0.1, 0.15) is 11.5 Å². The molecular weight excluding hydrogens is 412 g/mol. The molecule has 2 aliphatic rings. The van der Waals surface area contributed by atoms with Crippen LogP contribution in [-0.4, -0.2) is 29.8 Å². The van der Waals surface area contributed by atoms with Gasteiger partial charge in [-0.15, -0.1) is 0 Å². The van der Waals surface area contributed by atoms with E-state index in [4.69, 9.17) is 26.2 Å². The van der Waals surface area contributed by atoms with Crippen molar-refractivity contribution in [3.05, 3.63) is 94.0 Å². The summed E-state index contributed by atoms with van der Waals surface area (Å²) in [7, 11) is 1.64. The molecule has 0 unspecified atom stereocenters. The van der Waals surface area contributed by atoms with E-state index in [9.17, 15) is 4.79 Å². The normalized spacial score (nSPS) is 19.2. The number of halogens is 1. The van der Waals surface area contributed by atoms with Crippen molar-refractivity contribution in [3.8, 4) is 11.5 Å². The summed E-state index contributed by atoms with van der Waals surface area (Å²) in [5.41, 5.74) is 4.51. The largest absolute Gasteiger partial charge is 0.497 e. The van der Waals surface area contributed by atoms with E-state index in [1.54, 1.807) is 18.2 Å². The van der Waals surface area contributed by atoms with E-state index in [0.29, 0.717) is 22.8 Å². The van der Waals surface area contributed by atoms with Crippen LogP contribution in [0.3, 0.4) is 0 Å². The number of fused-ring (bicyclic) bond motifs is 3. The molecule has 0 fully saturated rings. The van der Waals surface area contributed by atoms with Crippen molar-refractivity contribution in [3.63, 3.8) is 0 Å². The molecule has 156 valence electrons. The number of Topliss-reactive ketones (excluding diaryl/α,β-unsaturated/α-hetero) is 1. The van der Waals surface area contributed by atoms with Gasteiger partial charge >= 0.3 is 0 Å². The molecule has 0 saturated heterocycles. The number of methoxy groups -OCH3 is 1. The van der Waals surface area contributed by atoms with Crippen LogP contribution in [0.15, 0.2) is 71.8 Å². The maximum absolute atomic E-state index is 13.4. The van der Waals surface area contributed by atoms with Crippen molar-refractivity contribution in [1.29, 1.82) is 0 Å². The fourth-order valence-corrected chi connectivity index (χ4v) is 4.23. The fraction of sp³-hybridized carbons (Fsp3) is 0.200. The Morgan fingerprint density at radius 3 is 2.55 bits per heavy atom. The summed E-state index contributed by atoms with van der Waals surface area (Å²) in [6.45, 7) is 1.99. The lowest BCUT2D eigenvalue weighted by molar-refractivity contribution is -0.00455. The van der Waals surface area contributed by atoms with E-state index in [-0.39, 0.29) is 11.8 Å². The van der Waals surface area contributed by atoms with E-state index in [1.165, 1.54) is 0 Å². The van der Waals surface area contributed by atoms with Crippen LogP contribution in [0.25, 0.3) is 0 Å². The SMILES string of the molecule is COc1ccc(C2=NN3[C@@H](C(=O)c4ccc(C)cc4)Oc4ccc(Cl)cc4[C@H]3C2)cc1. The summed E-state index contributed by atoms with van der Waals surface area (Å²) in [5.74, 6) is 1.33. The molecule has 3 aromatic carbocycles. The predicted molar refractivity (Wildman–Crippen MR) is 120 cm³/mol. The van der Waals surface area contributed by atoms with Crippen LogP contribution in [0.1, 0.15) is 39.5 Å². The molecule has 2 aliphatic heterocycles. The van der Waals surface area contributed by atoms with Crippen LogP contribution in [0.4, 0.5) is 0 Å². The molecular formula is C25H21ClN2O3. The zero-order valence-corrected chi connectivity index (χ0v) is 18.0. The van der Waals surface area contributed by atoms with Crippen LogP contribution in [0.2, 0.25) is 5.02 Å². The number of rotatable bonds is 4. The number of ketones is 1. The van der Waals surface area contributed by atoms with Crippen molar-refractivity contribution in [2.45, 2.75) is 25.6 Å². The summed E-state index contributed by atoms with van der Waals surface area (Å²) in [6.07, 6.45) is -0.183. The second-order valence-electron chi connectivity index (χ2n) is 7.76. The van der Waals surface area contributed by atoms with Gasteiger partial charge in [-0.2, -0.15) is 5.10 Å². The van der Waals surface area contributed by atoms with Crippen LogP contribution in [-0.2, 0) is 0 Å². The van der Waals surface area contributed by atoms with Gasteiger partial charge in [-0.25, -0.2) is 5.01 Å². The predicted octanol–water partition coefficient (Wildman–Crippen LogP) is 5.41. The molecule has 0 aromatic heterocycles. The summed E-state index contributed by atoms with van der Waals surface area (Å²) in [4.78, 5) is 13.4. The molecule has 0 bridgehead atoms. The minimum atomic E-state index is -0.836. The molecule has 0 spiro atoms. The lowest BCUT2D eigenvalue weighted by Gasteiger charge is -2.37. The topological polar surface area (TPSA) is 51.1 Å². The summed E-state index contributed by atoms with van der Waals surface area (Å²) >= 11 is 6.27. The number of carbonyl (C=O) groups excluding carboxylic acids is 1. The third-order valence-corrected chi connectivity index (χ3v) is 5.97. The molecule has 3 aromatic rings. The Balaban J connectivity index is 1.55. The maximum atomic E-state index is 13.4. The van der Waals surface area contributed by atoms with E-state index in [2.05, 4.69) is 0 Å². The highest BCUT2D eigenvalue weighted by atomic mass is 35.5. The monoisotopic (exact) mass is 432 g/mol. The Morgan fingerprint density at radius 1 is 1.10 bits per heavy atom. The molecule has 0 radical (unpaired) electrons. The number of benzene rings is 3. The third-order valence-electron chi connectivity index (χ3n) is 5.74. The Hall–Kier alpha value is -3.31. The highest BCUT2D eigenvalue weighted by molar-refractivity contribution is 6.30. The van der Waals surface area contributed by atoms with E-state index in [1.807, 2.05) is 67.6 Å². The van der Waals surface area contributed by atoms with E-state index >= 15 is 0 Å². The second kappa shape index (κ2) is 7.75. The highest BCUT2D eigenvalue weighted by Gasteiger charge is 2.43. The van der Waals surface area contributed by atoms with Crippen molar-refractivity contribution in [2.75, 3.05) is 7.11 Å². The zero-order chi connectivity index (χ0) is 21.5. The number of hydrogen-bond acceptors (Lipinski definition) is 5. The number of hydrazone groups is 1. The molecule has 5 rings (SSSR count). The smallest absolute Gasteiger partial charge is 0.251 e. The first-order chi connectivity index (χ1) is 15.0. The summed E-state index contributed by atoms with van der Waals surface area (Å²) < 4.78 is 11.4. The van der Waals surface area contributed by atoms with Gasteiger partial charge in [0.05, 0.1) is 18.9 Å². The van der Waals surface area contributed by atoms with Crippen LogP contribution >= 0.6 is 11.6 Å². The molecule has 0 amide bonds. The quantitative estimate of drug-likeness (QED) is 0.517. The van der Waals surface area contributed by atoms with Gasteiger partial charge in [-0.05, 0) is 55.0 Å². The van der Waals surface area contributed by atoms with E-state index in [0.717, 1.165) is 28.2 Å². The second-order valence-corrected chi connectivity index (χ2v) is 8.19. The summed E-state index contributed by atoms with van der Waals surface area (Å²) in [6, 6.07) is 20.7. The first kappa shape index (κ1) is 19.6. The maximum Gasteiger partial charge on any atom is 0.251 e. The molecule has 0 aliphatic carbocycles. The Labute approximate surface area is 185 Å². The molecule has 5 nitrogen and oxygen atoms in total. The summed E-state index contributed by atoms with van der Waals surface area (Å²) in [5, 5.41) is 7.24. The number of hydrogen-bond donors (Lipinski definition) is 0. The minimum absolute atomic E-state index is 0.120. The van der Waals surface area contributed by atoms with Crippen molar-refractivity contribution in [2.24, 2.45) is 5.10 Å². The van der Waals surface area contributed by atoms with Crippen molar-refractivity contribution in [1.82, 2.24) is 5.01 Å². The van der Waals surface area contributed by atoms with Crippen LogP contribution < -0.4 is 9.47 Å². The van der Waals surface area contributed by atoms with Gasteiger partial charge in [0.25, 0.3) is 6.23 Å². The Morgan fingerprint density at radius 2 is 1.84 bits per heavy atom. The van der Waals surface area contributed by atoms with Gasteiger partial charge in [-0.3, -0.25) is 4.79 Å². The average molecular weight is 433 g/mol. The van der Waals surface area contributed by atoms with Gasteiger partial charge in [0.2, 0.25) is 5.78 Å². The minimum Gasteiger partial charge on any atom is -0.497 e. The average Bonchev–Trinajstić information content (AvgIpc) is 3.24. The standard InChI is InChI=1S/C25H21ClN2O3/c1-15-3-5-17(6-4-15)24(29)25-28-22(20-13-18(26)9-12-23(20)31-25)14-21(27-28)16-7-10-19(30-2)11-8-16/h3-13,22,25H,14H2,1-2H3/t22-,25-/m1/s1. The lowest BCUT2D eigenvalue weighted by atomic mass is 9.95. The van der Waals surface area contributed by atoms with Crippen LogP contribution in [0.5, 0.6) is 11.5 Å². The molecule has 0 N–H and O–H groups in total. The third kappa shape index (κ3) is 3.55. The van der Waals surface area contributed by atoms with Gasteiger partial charge in [0.15, 0.2) is 0 Å². The Kier molecular flexibility index (Phi) is 4.91. The molecule has 0 saturated carbocycles. The molecule has 6 heteroatoms. The number of nitrogens with zero attached hydrogens (tertiary/aromatic N) is 2. The molecule has 2 heterocycles. The van der Waals surface area contributed by atoms with Gasteiger partial charge < -0.3 is 9.47 Å². The van der Waals surface area contributed by atoms with E-state index < -0.39 is 6.23 Å².